The molecule has 0 radical (unpaired) electrons. The Morgan fingerprint density at radius 2 is 1.71 bits per heavy atom. The summed E-state index contributed by atoms with van der Waals surface area (Å²) in [7, 11) is -2.08. The van der Waals surface area contributed by atoms with Crippen molar-refractivity contribution in [1.29, 1.82) is 0 Å². The topological polar surface area (TPSA) is 101 Å². The number of hydrogen-bond acceptors (Lipinski definition) is 4. The van der Waals surface area contributed by atoms with Crippen LogP contribution in [0.5, 0.6) is 0 Å². The van der Waals surface area contributed by atoms with E-state index in [1.54, 1.807) is 12.1 Å². The first-order chi connectivity index (χ1) is 9.99. The van der Waals surface area contributed by atoms with E-state index < -0.39 is 10.0 Å². The van der Waals surface area contributed by atoms with Gasteiger partial charge in [-0.25, -0.2) is 13.1 Å². The number of nitrogens with two attached hydrogens (primary N) is 1. The van der Waals surface area contributed by atoms with Crippen LogP contribution in [0.3, 0.4) is 0 Å². The second-order valence-corrected chi connectivity index (χ2v) is 6.62. The van der Waals surface area contributed by atoms with Gasteiger partial charge in [-0.2, -0.15) is 0 Å². The van der Waals surface area contributed by atoms with Gasteiger partial charge in [0.25, 0.3) is 0 Å². The molecular formula is C14H23N3O3S. The molecule has 0 aliphatic carbocycles. The van der Waals surface area contributed by atoms with Gasteiger partial charge in [-0.05, 0) is 50.7 Å². The average molecular weight is 313 g/mol. The smallest absolute Gasteiger partial charge is 0.240 e. The predicted octanol–water partition coefficient (Wildman–Crippen LogP) is 1.44. The summed E-state index contributed by atoms with van der Waals surface area (Å²) in [5.74, 6) is -0.0630. The lowest BCUT2D eigenvalue weighted by Gasteiger charge is -2.07. The SMILES string of the molecule is CNS(=O)(=O)c1ccc(NC(=O)CCCCCCN)cc1. The molecule has 0 unspecified atom stereocenters. The fourth-order valence-corrected chi connectivity index (χ4v) is 2.57. The maximum absolute atomic E-state index is 11.7. The molecule has 0 atom stereocenters. The number of sulfonamides is 1. The number of hydrogen-bond donors (Lipinski definition) is 3. The summed E-state index contributed by atoms with van der Waals surface area (Å²) in [5.41, 5.74) is 5.99. The van der Waals surface area contributed by atoms with E-state index in [0.29, 0.717) is 18.7 Å². The van der Waals surface area contributed by atoms with Gasteiger partial charge in [0.05, 0.1) is 4.90 Å². The van der Waals surface area contributed by atoms with Gasteiger partial charge in [-0.15, -0.1) is 0 Å². The molecule has 6 nitrogen and oxygen atoms in total. The molecule has 0 bridgehead atoms. The lowest BCUT2D eigenvalue weighted by Crippen LogP contribution is -2.18. The predicted molar refractivity (Wildman–Crippen MR) is 83.5 cm³/mol. The van der Waals surface area contributed by atoms with Gasteiger partial charge >= 0.3 is 0 Å². The molecule has 0 aromatic heterocycles. The van der Waals surface area contributed by atoms with Crippen molar-refractivity contribution in [1.82, 2.24) is 4.72 Å². The van der Waals surface area contributed by atoms with Crippen LogP contribution in [0.1, 0.15) is 32.1 Å². The van der Waals surface area contributed by atoms with Gasteiger partial charge in [-0.3, -0.25) is 4.79 Å². The van der Waals surface area contributed by atoms with Crippen molar-refractivity contribution in [3.63, 3.8) is 0 Å². The molecular weight excluding hydrogens is 290 g/mol. The van der Waals surface area contributed by atoms with E-state index in [-0.39, 0.29) is 10.8 Å². The van der Waals surface area contributed by atoms with Crippen LogP contribution in [-0.4, -0.2) is 27.9 Å². The number of nitrogens with one attached hydrogen (secondary N) is 2. The summed E-state index contributed by atoms with van der Waals surface area (Å²) in [6.45, 7) is 0.689. The third kappa shape index (κ3) is 6.24. The summed E-state index contributed by atoms with van der Waals surface area (Å²) in [6.07, 6.45) is 4.31. The second-order valence-electron chi connectivity index (χ2n) is 4.73. The molecule has 0 saturated carbocycles. The van der Waals surface area contributed by atoms with Gasteiger partial charge in [0.15, 0.2) is 0 Å². The van der Waals surface area contributed by atoms with Crippen molar-refractivity contribution in [2.24, 2.45) is 5.73 Å². The highest BCUT2D eigenvalue weighted by Crippen LogP contribution is 2.14. The van der Waals surface area contributed by atoms with Crippen molar-refractivity contribution in [3.05, 3.63) is 24.3 Å². The Kier molecular flexibility index (Phi) is 7.35. The van der Waals surface area contributed by atoms with Crippen molar-refractivity contribution >= 4 is 21.6 Å². The maximum atomic E-state index is 11.7. The summed E-state index contributed by atoms with van der Waals surface area (Å²) in [4.78, 5) is 11.9. The Labute approximate surface area is 126 Å². The van der Waals surface area contributed by atoms with E-state index >= 15 is 0 Å². The zero-order chi connectivity index (χ0) is 15.7. The first-order valence-corrected chi connectivity index (χ1v) is 8.51. The molecule has 0 aliphatic heterocycles. The molecule has 21 heavy (non-hydrogen) atoms. The maximum Gasteiger partial charge on any atom is 0.240 e. The number of amides is 1. The summed E-state index contributed by atoms with van der Waals surface area (Å²) < 4.78 is 25.3. The molecule has 4 N–H and O–H groups in total. The van der Waals surface area contributed by atoms with Gasteiger partial charge < -0.3 is 11.1 Å². The van der Waals surface area contributed by atoms with Crippen LogP contribution >= 0.6 is 0 Å². The lowest BCUT2D eigenvalue weighted by molar-refractivity contribution is -0.116. The molecule has 0 fully saturated rings. The first-order valence-electron chi connectivity index (χ1n) is 7.03. The Balaban J connectivity index is 2.43. The molecule has 1 amide bonds. The van der Waals surface area contributed by atoms with E-state index in [2.05, 4.69) is 10.0 Å². The zero-order valence-electron chi connectivity index (χ0n) is 12.3. The van der Waals surface area contributed by atoms with E-state index in [0.717, 1.165) is 25.7 Å². The fourth-order valence-electron chi connectivity index (χ4n) is 1.84. The standard InChI is InChI=1S/C14H23N3O3S/c1-16-21(19,20)13-9-7-12(8-10-13)17-14(18)6-4-2-3-5-11-15/h7-10,16H,2-6,11,15H2,1H3,(H,17,18). The van der Waals surface area contributed by atoms with E-state index in [1.165, 1.54) is 19.2 Å². The highest BCUT2D eigenvalue weighted by molar-refractivity contribution is 7.89. The monoisotopic (exact) mass is 313 g/mol. The molecule has 0 aliphatic rings. The lowest BCUT2D eigenvalue weighted by atomic mass is 10.1. The number of anilines is 1. The minimum Gasteiger partial charge on any atom is -0.330 e. The molecule has 0 heterocycles. The van der Waals surface area contributed by atoms with E-state index in [9.17, 15) is 13.2 Å². The molecule has 0 saturated heterocycles. The Morgan fingerprint density at radius 1 is 1.10 bits per heavy atom. The first kappa shape index (κ1) is 17.6. The van der Waals surface area contributed by atoms with Crippen molar-refractivity contribution in [3.8, 4) is 0 Å². The van der Waals surface area contributed by atoms with Crippen LogP contribution in [0.25, 0.3) is 0 Å². The molecule has 0 spiro atoms. The highest BCUT2D eigenvalue weighted by atomic mass is 32.2. The molecule has 118 valence electrons. The Bertz CT molecular complexity index is 541. The van der Waals surface area contributed by atoms with Crippen LogP contribution in [0.15, 0.2) is 29.2 Å². The molecule has 1 rings (SSSR count). The van der Waals surface area contributed by atoms with Crippen LogP contribution in [-0.2, 0) is 14.8 Å². The summed E-state index contributed by atoms with van der Waals surface area (Å²) >= 11 is 0. The number of carbonyl (C=O) groups is 1. The Morgan fingerprint density at radius 3 is 2.29 bits per heavy atom. The van der Waals surface area contributed by atoms with Gasteiger partial charge in [0.2, 0.25) is 15.9 Å². The summed E-state index contributed by atoms with van der Waals surface area (Å²) in [5, 5.41) is 2.75. The van der Waals surface area contributed by atoms with Crippen LogP contribution in [0.4, 0.5) is 5.69 Å². The van der Waals surface area contributed by atoms with E-state index in [4.69, 9.17) is 5.73 Å². The largest absolute Gasteiger partial charge is 0.330 e. The van der Waals surface area contributed by atoms with Crippen molar-refractivity contribution in [2.75, 3.05) is 18.9 Å². The highest BCUT2D eigenvalue weighted by Gasteiger charge is 2.10. The van der Waals surface area contributed by atoms with Crippen molar-refractivity contribution in [2.45, 2.75) is 37.0 Å². The van der Waals surface area contributed by atoms with Crippen LogP contribution < -0.4 is 15.8 Å². The minimum atomic E-state index is -3.44. The van der Waals surface area contributed by atoms with Gasteiger partial charge in [0, 0.05) is 12.1 Å². The Hall–Kier alpha value is -1.44. The fraction of sp³-hybridized carbons (Fsp3) is 0.500. The van der Waals surface area contributed by atoms with E-state index in [1.807, 2.05) is 0 Å². The third-order valence-electron chi connectivity index (χ3n) is 3.08. The number of benzene rings is 1. The number of carbonyl (C=O) groups excluding carboxylic acids is 1. The normalized spacial score (nSPS) is 11.3. The molecule has 1 aromatic carbocycles. The quantitative estimate of drug-likeness (QED) is 0.600. The number of rotatable bonds is 9. The van der Waals surface area contributed by atoms with Gasteiger partial charge in [0.1, 0.15) is 0 Å². The minimum absolute atomic E-state index is 0.0630. The summed E-state index contributed by atoms with van der Waals surface area (Å²) in [6, 6.07) is 6.08. The average Bonchev–Trinajstić information content (AvgIpc) is 2.47. The zero-order valence-corrected chi connectivity index (χ0v) is 13.1. The number of unbranched alkanes of at least 4 members (excludes halogenated alkanes) is 3. The second kappa shape index (κ2) is 8.76. The third-order valence-corrected chi connectivity index (χ3v) is 4.51. The van der Waals surface area contributed by atoms with Gasteiger partial charge in [-0.1, -0.05) is 12.8 Å². The molecule has 7 heteroatoms. The molecule has 1 aromatic rings. The van der Waals surface area contributed by atoms with Crippen LogP contribution in [0, 0.1) is 0 Å². The van der Waals surface area contributed by atoms with Crippen molar-refractivity contribution < 1.29 is 13.2 Å². The van der Waals surface area contributed by atoms with Crippen LogP contribution in [0.2, 0.25) is 0 Å².